The molecule has 1 aromatic rings. The molecule has 0 atom stereocenters. The molecule has 1 aromatic carbocycles. The molecule has 0 aliphatic carbocycles. The van der Waals surface area contributed by atoms with Crippen molar-refractivity contribution in [1.29, 1.82) is 0 Å². The Kier molecular flexibility index (Phi) is 4.66. The quantitative estimate of drug-likeness (QED) is 0.757. The zero-order valence-electron chi connectivity index (χ0n) is 8.13. The molecule has 0 unspecified atom stereocenters. The Labute approximate surface area is 92.4 Å². The monoisotopic (exact) mass is 256 g/mol. The molecule has 0 aromatic heterocycles. The van der Waals surface area contributed by atoms with Crippen molar-refractivity contribution in [3.8, 4) is 5.75 Å². The topological polar surface area (TPSA) is 26.3 Å². The summed E-state index contributed by atoms with van der Waals surface area (Å²) < 4.78 is 6.44. The fourth-order valence-electron chi connectivity index (χ4n) is 1.07. The van der Waals surface area contributed by atoms with Crippen molar-refractivity contribution in [2.75, 3.05) is 6.61 Å². The van der Waals surface area contributed by atoms with Crippen molar-refractivity contribution in [2.24, 2.45) is 0 Å². The number of ether oxygens (including phenoxy) is 1. The summed E-state index contributed by atoms with van der Waals surface area (Å²) in [4.78, 5) is 10.7. The van der Waals surface area contributed by atoms with E-state index in [1.165, 1.54) is 0 Å². The van der Waals surface area contributed by atoms with E-state index in [-0.39, 0.29) is 5.78 Å². The van der Waals surface area contributed by atoms with Crippen LogP contribution in [0.2, 0.25) is 0 Å². The zero-order chi connectivity index (χ0) is 10.4. The first-order valence-corrected chi connectivity index (χ1v) is 5.36. The summed E-state index contributed by atoms with van der Waals surface area (Å²) in [6, 6.07) is 7.69. The highest BCUT2D eigenvalue weighted by Gasteiger charge is 1.99. The molecule has 0 aliphatic rings. The summed E-state index contributed by atoms with van der Waals surface area (Å²) >= 11 is 3.39. The van der Waals surface area contributed by atoms with E-state index in [4.69, 9.17) is 4.74 Å². The normalized spacial score (nSPS) is 9.86. The molecule has 3 heteroatoms. The molecular weight excluding hydrogens is 244 g/mol. The predicted molar refractivity (Wildman–Crippen MR) is 59.6 cm³/mol. The van der Waals surface area contributed by atoms with E-state index in [0.717, 1.165) is 16.6 Å². The molecule has 0 aliphatic heterocycles. The lowest BCUT2D eigenvalue weighted by Crippen LogP contribution is -2.00. The van der Waals surface area contributed by atoms with E-state index in [0.29, 0.717) is 13.0 Å². The van der Waals surface area contributed by atoms with E-state index >= 15 is 0 Å². The maximum atomic E-state index is 10.7. The molecule has 0 fully saturated rings. The van der Waals surface area contributed by atoms with Gasteiger partial charge < -0.3 is 9.53 Å². The first-order chi connectivity index (χ1) is 6.70. The number of hydrogen-bond donors (Lipinski definition) is 0. The summed E-state index contributed by atoms with van der Waals surface area (Å²) in [5, 5.41) is 0. The van der Waals surface area contributed by atoms with Gasteiger partial charge >= 0.3 is 0 Å². The fraction of sp³-hybridized carbons (Fsp3) is 0.364. The number of ketones is 1. The first kappa shape index (κ1) is 11.2. The molecule has 0 radical (unpaired) electrons. The van der Waals surface area contributed by atoms with Crippen LogP contribution in [0.5, 0.6) is 5.75 Å². The molecule has 76 valence electrons. The molecule has 1 rings (SSSR count). The highest BCUT2D eigenvalue weighted by atomic mass is 79.9. The van der Waals surface area contributed by atoms with Crippen molar-refractivity contribution in [3.63, 3.8) is 0 Å². The Bertz CT molecular complexity index is 310. The Balaban J connectivity index is 2.31. The summed E-state index contributed by atoms with van der Waals surface area (Å²) in [7, 11) is 0. The van der Waals surface area contributed by atoms with Gasteiger partial charge in [0.05, 0.1) is 11.1 Å². The van der Waals surface area contributed by atoms with Crippen molar-refractivity contribution < 1.29 is 9.53 Å². The largest absolute Gasteiger partial charge is 0.492 e. The smallest absolute Gasteiger partial charge is 0.133 e. The molecule has 0 amide bonds. The van der Waals surface area contributed by atoms with Crippen LogP contribution in [0.1, 0.15) is 19.8 Å². The third kappa shape index (κ3) is 3.92. The second-order valence-electron chi connectivity index (χ2n) is 3.08. The molecule has 0 spiro atoms. The average Bonchev–Trinajstić information content (AvgIpc) is 2.15. The van der Waals surface area contributed by atoms with Gasteiger partial charge in [-0.2, -0.15) is 0 Å². The molecule has 2 nitrogen and oxygen atoms in total. The molecular formula is C11H13BrO2. The highest BCUT2D eigenvalue weighted by molar-refractivity contribution is 9.10. The van der Waals surface area contributed by atoms with Gasteiger partial charge in [0.1, 0.15) is 11.5 Å². The van der Waals surface area contributed by atoms with Gasteiger partial charge in [-0.3, -0.25) is 0 Å². The summed E-state index contributed by atoms with van der Waals surface area (Å²) in [6.45, 7) is 2.18. The van der Waals surface area contributed by atoms with Crippen molar-refractivity contribution >= 4 is 21.7 Å². The number of benzene rings is 1. The van der Waals surface area contributed by atoms with Crippen molar-refractivity contribution in [2.45, 2.75) is 19.8 Å². The number of halogens is 1. The Morgan fingerprint density at radius 3 is 2.79 bits per heavy atom. The summed E-state index contributed by atoms with van der Waals surface area (Å²) in [5.41, 5.74) is 0. The molecule has 0 bridgehead atoms. The zero-order valence-corrected chi connectivity index (χ0v) is 9.71. The van der Waals surface area contributed by atoms with Gasteiger partial charge in [-0.25, -0.2) is 0 Å². The van der Waals surface area contributed by atoms with Crippen molar-refractivity contribution in [3.05, 3.63) is 28.7 Å². The first-order valence-electron chi connectivity index (χ1n) is 4.57. The van der Waals surface area contributed by atoms with Gasteiger partial charge in [-0.15, -0.1) is 0 Å². The van der Waals surface area contributed by atoms with Crippen LogP contribution in [0.25, 0.3) is 0 Å². The third-order valence-corrected chi connectivity index (χ3v) is 2.42. The van der Waals surface area contributed by atoms with Gasteiger partial charge in [0, 0.05) is 6.42 Å². The molecule has 0 saturated heterocycles. The van der Waals surface area contributed by atoms with Crippen molar-refractivity contribution in [1.82, 2.24) is 0 Å². The molecule has 0 N–H and O–H groups in total. The minimum Gasteiger partial charge on any atom is -0.492 e. The van der Waals surface area contributed by atoms with E-state index in [2.05, 4.69) is 15.9 Å². The van der Waals surface area contributed by atoms with E-state index < -0.39 is 0 Å². The highest BCUT2D eigenvalue weighted by Crippen LogP contribution is 2.23. The molecule has 14 heavy (non-hydrogen) atoms. The van der Waals surface area contributed by atoms with Crippen LogP contribution in [0, 0.1) is 0 Å². The summed E-state index contributed by atoms with van der Waals surface area (Å²) in [5.74, 6) is 1.04. The molecule has 0 heterocycles. The minimum absolute atomic E-state index is 0.209. The minimum atomic E-state index is 0.209. The van der Waals surface area contributed by atoms with E-state index in [1.54, 1.807) is 6.92 Å². The van der Waals surface area contributed by atoms with Gasteiger partial charge in [0.25, 0.3) is 0 Å². The fourth-order valence-corrected chi connectivity index (χ4v) is 1.46. The maximum Gasteiger partial charge on any atom is 0.133 e. The van der Waals surface area contributed by atoms with Crippen LogP contribution in [-0.4, -0.2) is 12.4 Å². The second kappa shape index (κ2) is 5.81. The van der Waals surface area contributed by atoms with Gasteiger partial charge in [-0.05, 0) is 41.4 Å². The SMILES string of the molecule is CC(=O)CCCOc1ccccc1Br. The lowest BCUT2D eigenvalue weighted by atomic mass is 10.2. The van der Waals surface area contributed by atoms with Gasteiger partial charge in [-0.1, -0.05) is 12.1 Å². The van der Waals surface area contributed by atoms with Crippen LogP contribution in [-0.2, 0) is 4.79 Å². The lowest BCUT2D eigenvalue weighted by Gasteiger charge is -2.06. The number of carbonyl (C=O) groups is 1. The number of Topliss-reactive ketones (excluding diaryl/α,β-unsaturated/α-hetero) is 1. The maximum absolute atomic E-state index is 10.7. The van der Waals surface area contributed by atoms with E-state index in [9.17, 15) is 4.79 Å². The van der Waals surface area contributed by atoms with Crippen LogP contribution in [0.4, 0.5) is 0 Å². The lowest BCUT2D eigenvalue weighted by molar-refractivity contribution is -0.117. The van der Waals surface area contributed by atoms with Crippen LogP contribution in [0.3, 0.4) is 0 Å². The van der Waals surface area contributed by atoms with Gasteiger partial charge in [0.15, 0.2) is 0 Å². The average molecular weight is 257 g/mol. The van der Waals surface area contributed by atoms with E-state index in [1.807, 2.05) is 24.3 Å². The number of hydrogen-bond acceptors (Lipinski definition) is 2. The molecule has 0 saturated carbocycles. The standard InChI is InChI=1S/C11H13BrO2/c1-9(13)5-4-8-14-11-7-3-2-6-10(11)12/h2-3,6-7H,4-5,8H2,1H3. The number of para-hydroxylation sites is 1. The van der Waals surface area contributed by atoms with Crippen LogP contribution < -0.4 is 4.74 Å². The number of rotatable bonds is 5. The number of carbonyl (C=O) groups excluding carboxylic acids is 1. The Morgan fingerprint density at radius 1 is 1.43 bits per heavy atom. The Morgan fingerprint density at radius 2 is 2.14 bits per heavy atom. The summed E-state index contributed by atoms with van der Waals surface area (Å²) in [6.07, 6.45) is 1.36. The third-order valence-electron chi connectivity index (χ3n) is 1.77. The second-order valence-corrected chi connectivity index (χ2v) is 3.94. The van der Waals surface area contributed by atoms with Crippen LogP contribution >= 0.6 is 15.9 Å². The van der Waals surface area contributed by atoms with Gasteiger partial charge in [0.2, 0.25) is 0 Å². The Hall–Kier alpha value is -0.830. The predicted octanol–water partition coefficient (Wildman–Crippen LogP) is 3.20. The van der Waals surface area contributed by atoms with Crippen LogP contribution in [0.15, 0.2) is 28.7 Å².